The number of hydrogen-bond acceptors (Lipinski definition) is 2. The predicted octanol–water partition coefficient (Wildman–Crippen LogP) is 2.84. The SMILES string of the molecule is CC(=O)c1ccc(F)c(C(F)F)c1C#N. The van der Waals surface area contributed by atoms with E-state index in [4.69, 9.17) is 5.26 Å². The molecule has 0 bridgehead atoms. The Morgan fingerprint density at radius 2 is 2.07 bits per heavy atom. The number of nitrogens with zero attached hydrogens (tertiary/aromatic N) is 1. The molecule has 0 N–H and O–H groups in total. The van der Waals surface area contributed by atoms with Gasteiger partial charge in [-0.15, -0.1) is 0 Å². The number of carbonyl (C=O) groups excluding carboxylic acids is 1. The van der Waals surface area contributed by atoms with Crippen LogP contribution in [0.5, 0.6) is 0 Å². The second kappa shape index (κ2) is 4.13. The highest BCUT2D eigenvalue weighted by Gasteiger charge is 2.22. The molecule has 15 heavy (non-hydrogen) atoms. The van der Waals surface area contributed by atoms with Crippen LogP contribution in [0.15, 0.2) is 12.1 Å². The van der Waals surface area contributed by atoms with E-state index >= 15 is 0 Å². The van der Waals surface area contributed by atoms with Crippen molar-refractivity contribution in [2.24, 2.45) is 0 Å². The molecule has 5 heteroatoms. The van der Waals surface area contributed by atoms with Crippen molar-refractivity contribution in [3.8, 4) is 6.07 Å². The van der Waals surface area contributed by atoms with Gasteiger partial charge in [0.1, 0.15) is 11.9 Å². The summed E-state index contributed by atoms with van der Waals surface area (Å²) in [5.41, 5.74) is -1.78. The molecular formula is C10H6F3NO. The van der Waals surface area contributed by atoms with E-state index < -0.39 is 29.2 Å². The molecule has 2 nitrogen and oxygen atoms in total. The van der Waals surface area contributed by atoms with Gasteiger partial charge in [0.15, 0.2) is 5.78 Å². The van der Waals surface area contributed by atoms with E-state index in [0.717, 1.165) is 19.1 Å². The van der Waals surface area contributed by atoms with Crippen molar-refractivity contribution in [3.63, 3.8) is 0 Å². The molecule has 0 aliphatic heterocycles. The van der Waals surface area contributed by atoms with Gasteiger partial charge in [-0.25, -0.2) is 13.2 Å². The number of alkyl halides is 2. The van der Waals surface area contributed by atoms with Gasteiger partial charge in [-0.1, -0.05) is 0 Å². The fourth-order valence-corrected chi connectivity index (χ4v) is 1.22. The van der Waals surface area contributed by atoms with Crippen LogP contribution in [0.3, 0.4) is 0 Å². The number of nitriles is 1. The van der Waals surface area contributed by atoms with Crippen LogP contribution in [0, 0.1) is 17.1 Å². The molecule has 1 aromatic rings. The second-order valence-corrected chi connectivity index (χ2v) is 2.85. The molecule has 0 aliphatic rings. The van der Waals surface area contributed by atoms with Crippen molar-refractivity contribution in [2.45, 2.75) is 13.3 Å². The Hall–Kier alpha value is -1.83. The van der Waals surface area contributed by atoms with Gasteiger partial charge in [0, 0.05) is 5.56 Å². The highest BCUT2D eigenvalue weighted by molar-refractivity contribution is 5.96. The van der Waals surface area contributed by atoms with Gasteiger partial charge in [-0.05, 0) is 19.1 Å². The molecule has 0 unspecified atom stereocenters. The molecule has 0 aromatic heterocycles. The highest BCUT2D eigenvalue weighted by Crippen LogP contribution is 2.28. The lowest BCUT2D eigenvalue weighted by Gasteiger charge is -2.07. The largest absolute Gasteiger partial charge is 0.294 e. The molecule has 0 radical (unpaired) electrons. The van der Waals surface area contributed by atoms with Gasteiger partial charge in [0.25, 0.3) is 6.43 Å². The number of benzene rings is 1. The Bertz CT molecular complexity index is 449. The molecule has 0 aliphatic carbocycles. The zero-order valence-electron chi connectivity index (χ0n) is 7.72. The van der Waals surface area contributed by atoms with Crippen LogP contribution in [-0.4, -0.2) is 5.78 Å². The zero-order valence-corrected chi connectivity index (χ0v) is 7.72. The first kappa shape index (κ1) is 11.2. The Kier molecular flexibility index (Phi) is 3.10. The third kappa shape index (κ3) is 1.99. The molecule has 0 atom stereocenters. The van der Waals surface area contributed by atoms with Crippen LogP contribution in [0.4, 0.5) is 13.2 Å². The normalized spacial score (nSPS) is 10.1. The van der Waals surface area contributed by atoms with Crippen molar-refractivity contribution in [2.75, 3.05) is 0 Å². The van der Waals surface area contributed by atoms with Gasteiger partial charge >= 0.3 is 0 Å². The van der Waals surface area contributed by atoms with Crippen molar-refractivity contribution < 1.29 is 18.0 Å². The van der Waals surface area contributed by atoms with Crippen LogP contribution in [0.1, 0.15) is 34.8 Å². The predicted molar refractivity (Wildman–Crippen MR) is 46.1 cm³/mol. The lowest BCUT2D eigenvalue weighted by Crippen LogP contribution is -2.04. The van der Waals surface area contributed by atoms with Gasteiger partial charge in [-0.3, -0.25) is 4.79 Å². The first-order chi connectivity index (χ1) is 6.99. The monoisotopic (exact) mass is 213 g/mol. The average molecular weight is 213 g/mol. The Morgan fingerprint density at radius 3 is 2.47 bits per heavy atom. The Labute approximate surface area is 83.9 Å². The van der Waals surface area contributed by atoms with Crippen LogP contribution in [0.25, 0.3) is 0 Å². The average Bonchev–Trinajstić information content (AvgIpc) is 2.15. The third-order valence-electron chi connectivity index (χ3n) is 1.90. The molecule has 1 rings (SSSR count). The fraction of sp³-hybridized carbons (Fsp3) is 0.200. The smallest absolute Gasteiger partial charge is 0.267 e. The molecule has 1 aromatic carbocycles. The summed E-state index contributed by atoms with van der Waals surface area (Å²) in [5.74, 6) is -1.72. The summed E-state index contributed by atoms with van der Waals surface area (Å²) >= 11 is 0. The summed E-state index contributed by atoms with van der Waals surface area (Å²) < 4.78 is 37.8. The van der Waals surface area contributed by atoms with Crippen LogP contribution >= 0.6 is 0 Å². The standard InChI is InChI=1S/C10H6F3NO/c1-5(15)6-2-3-8(11)9(10(12)13)7(6)4-14/h2-3,10H,1H3. The summed E-state index contributed by atoms with van der Waals surface area (Å²) in [6, 6.07) is 3.22. The maximum atomic E-state index is 13.0. The van der Waals surface area contributed by atoms with E-state index in [-0.39, 0.29) is 5.56 Å². The van der Waals surface area contributed by atoms with Crippen LogP contribution < -0.4 is 0 Å². The summed E-state index contributed by atoms with van der Waals surface area (Å²) in [6.45, 7) is 1.13. The third-order valence-corrected chi connectivity index (χ3v) is 1.90. The molecule has 0 heterocycles. The molecule has 78 valence electrons. The van der Waals surface area contributed by atoms with E-state index in [1.165, 1.54) is 6.07 Å². The number of Topliss-reactive ketones (excluding diaryl/α,β-unsaturated/α-hetero) is 1. The summed E-state index contributed by atoms with van der Waals surface area (Å²) in [5, 5.41) is 8.62. The molecule has 0 amide bonds. The Balaban J connectivity index is 3.56. The number of rotatable bonds is 2. The van der Waals surface area contributed by atoms with E-state index in [2.05, 4.69) is 0 Å². The summed E-state index contributed by atoms with van der Waals surface area (Å²) in [6.07, 6.45) is -3.11. The zero-order chi connectivity index (χ0) is 11.6. The van der Waals surface area contributed by atoms with Crippen molar-refractivity contribution in [3.05, 3.63) is 34.6 Å². The number of hydrogen-bond donors (Lipinski definition) is 0. The van der Waals surface area contributed by atoms with Crippen molar-refractivity contribution >= 4 is 5.78 Å². The maximum Gasteiger partial charge on any atom is 0.267 e. The molecule has 0 saturated carbocycles. The first-order valence-corrected chi connectivity index (χ1v) is 4.00. The van der Waals surface area contributed by atoms with Gasteiger partial charge in [0.2, 0.25) is 0 Å². The Morgan fingerprint density at radius 1 is 1.47 bits per heavy atom. The molecule has 0 fully saturated rings. The number of ketones is 1. The quantitative estimate of drug-likeness (QED) is 0.708. The van der Waals surface area contributed by atoms with E-state index in [1.54, 1.807) is 0 Å². The summed E-state index contributed by atoms with van der Waals surface area (Å²) in [7, 11) is 0. The first-order valence-electron chi connectivity index (χ1n) is 4.00. The fourth-order valence-electron chi connectivity index (χ4n) is 1.22. The second-order valence-electron chi connectivity index (χ2n) is 2.85. The number of carbonyl (C=O) groups is 1. The molecule has 0 saturated heterocycles. The number of halogens is 3. The van der Waals surface area contributed by atoms with Crippen molar-refractivity contribution in [1.29, 1.82) is 5.26 Å². The molecular weight excluding hydrogens is 207 g/mol. The maximum absolute atomic E-state index is 13.0. The highest BCUT2D eigenvalue weighted by atomic mass is 19.3. The van der Waals surface area contributed by atoms with Gasteiger partial charge < -0.3 is 0 Å². The van der Waals surface area contributed by atoms with Crippen LogP contribution in [-0.2, 0) is 0 Å². The minimum atomic E-state index is -3.11. The van der Waals surface area contributed by atoms with Gasteiger partial charge in [0.05, 0.1) is 11.1 Å². The van der Waals surface area contributed by atoms with E-state index in [0.29, 0.717) is 0 Å². The van der Waals surface area contributed by atoms with Crippen LogP contribution in [0.2, 0.25) is 0 Å². The topological polar surface area (TPSA) is 40.9 Å². The minimum Gasteiger partial charge on any atom is -0.294 e. The van der Waals surface area contributed by atoms with E-state index in [9.17, 15) is 18.0 Å². The van der Waals surface area contributed by atoms with Gasteiger partial charge in [-0.2, -0.15) is 5.26 Å². The van der Waals surface area contributed by atoms with Crippen molar-refractivity contribution in [1.82, 2.24) is 0 Å². The molecule has 0 spiro atoms. The lowest BCUT2D eigenvalue weighted by atomic mass is 9.99. The lowest BCUT2D eigenvalue weighted by molar-refractivity contribution is 0.101. The van der Waals surface area contributed by atoms with E-state index in [1.807, 2.05) is 0 Å². The minimum absolute atomic E-state index is 0.186. The summed E-state index contributed by atoms with van der Waals surface area (Å²) in [4.78, 5) is 11.0.